The van der Waals surface area contributed by atoms with Crippen molar-refractivity contribution in [3.63, 3.8) is 0 Å². The lowest BCUT2D eigenvalue weighted by molar-refractivity contribution is 0.426. The zero-order valence-corrected chi connectivity index (χ0v) is 13.1. The Hall–Kier alpha value is -3.23. The summed E-state index contributed by atoms with van der Waals surface area (Å²) >= 11 is 0. The van der Waals surface area contributed by atoms with Gasteiger partial charge in [0.2, 0.25) is 0 Å². The third-order valence-electron chi connectivity index (χ3n) is 4.08. The molecule has 4 N–H and O–H groups in total. The van der Waals surface area contributed by atoms with Crippen molar-refractivity contribution in [2.24, 2.45) is 0 Å². The lowest BCUT2D eigenvalue weighted by Crippen LogP contribution is -2.29. The highest BCUT2D eigenvalue weighted by atomic mass is 16.4. The highest BCUT2D eigenvalue weighted by Gasteiger charge is 2.16. The minimum Gasteiger partial charge on any atom is -0.423 e. The van der Waals surface area contributed by atoms with E-state index in [9.17, 15) is 10.0 Å². The highest BCUT2D eigenvalue weighted by Crippen LogP contribution is 2.29. The zero-order chi connectivity index (χ0) is 17.4. The number of anilines is 1. The summed E-state index contributed by atoms with van der Waals surface area (Å²) in [5, 5.41) is 27.9. The van der Waals surface area contributed by atoms with Crippen LogP contribution in [0, 0.1) is 0 Å². The van der Waals surface area contributed by atoms with Crippen molar-refractivity contribution < 1.29 is 10.0 Å². The maximum Gasteiger partial charge on any atom is 0.488 e. The van der Waals surface area contributed by atoms with Gasteiger partial charge in [-0.2, -0.15) is 10.2 Å². The van der Waals surface area contributed by atoms with Gasteiger partial charge in [0.15, 0.2) is 0 Å². The first kappa shape index (κ1) is 15.3. The van der Waals surface area contributed by atoms with E-state index in [-0.39, 0.29) is 0 Å². The summed E-state index contributed by atoms with van der Waals surface area (Å²) in [6.45, 7) is 0. The molecule has 0 saturated heterocycles. The first-order valence-electron chi connectivity index (χ1n) is 7.63. The molecule has 0 saturated carbocycles. The highest BCUT2D eigenvalue weighted by molar-refractivity contribution is 6.58. The number of imidazole rings is 1. The van der Waals surface area contributed by atoms with Gasteiger partial charge in [0, 0.05) is 23.3 Å². The number of rotatable bonds is 3. The van der Waals surface area contributed by atoms with Gasteiger partial charge in [-0.25, -0.2) is 4.98 Å². The van der Waals surface area contributed by atoms with Crippen molar-refractivity contribution in [3.8, 4) is 16.8 Å². The zero-order valence-electron chi connectivity index (χ0n) is 13.1. The minimum absolute atomic E-state index is 0.401. The van der Waals surface area contributed by atoms with Gasteiger partial charge in [-0.15, -0.1) is 0 Å². The molecule has 0 fully saturated rings. The predicted molar refractivity (Wildman–Crippen MR) is 96.3 cm³/mol. The average Bonchev–Trinajstić information content (AvgIpc) is 3.15. The maximum atomic E-state index is 9.52. The number of nitrogens with zero attached hydrogens (tertiary/aromatic N) is 4. The van der Waals surface area contributed by atoms with Gasteiger partial charge in [-0.1, -0.05) is 18.2 Å². The lowest BCUT2D eigenvalue weighted by atomic mass is 9.78. The Balaban J connectivity index is 1.95. The topological polar surface area (TPSA) is 110 Å². The molecule has 0 amide bonds. The van der Waals surface area contributed by atoms with E-state index < -0.39 is 7.12 Å². The fraction of sp³-hybridized carbons (Fsp3) is 0. The van der Waals surface area contributed by atoms with Crippen LogP contribution in [0.2, 0.25) is 0 Å². The van der Waals surface area contributed by atoms with Crippen molar-refractivity contribution in [2.45, 2.75) is 0 Å². The maximum absolute atomic E-state index is 9.52. The van der Waals surface area contributed by atoms with Crippen molar-refractivity contribution in [1.29, 1.82) is 0 Å². The van der Waals surface area contributed by atoms with Gasteiger partial charge < -0.3 is 20.3 Å². The molecule has 4 aromatic rings. The van der Waals surface area contributed by atoms with E-state index in [2.05, 4.69) is 15.2 Å². The van der Waals surface area contributed by atoms with Crippen LogP contribution in [0.15, 0.2) is 61.3 Å². The van der Waals surface area contributed by atoms with E-state index in [4.69, 9.17) is 5.73 Å². The van der Waals surface area contributed by atoms with Crippen LogP contribution in [0.5, 0.6) is 0 Å². The molecule has 0 aliphatic heterocycles. The number of nitrogen functional groups attached to an aromatic ring is 1. The van der Waals surface area contributed by atoms with Gasteiger partial charge in [-0.05, 0) is 29.2 Å². The summed E-state index contributed by atoms with van der Waals surface area (Å²) in [6.07, 6.45) is 6.71. The second-order valence-corrected chi connectivity index (χ2v) is 5.65. The Morgan fingerprint density at radius 3 is 2.72 bits per heavy atom. The predicted octanol–water partition coefficient (Wildman–Crippen LogP) is 0.744. The van der Waals surface area contributed by atoms with E-state index >= 15 is 0 Å². The van der Waals surface area contributed by atoms with Crippen LogP contribution in [0.4, 0.5) is 5.69 Å². The van der Waals surface area contributed by atoms with Gasteiger partial charge in [0.05, 0.1) is 29.4 Å². The summed E-state index contributed by atoms with van der Waals surface area (Å²) in [7, 11) is -1.55. The van der Waals surface area contributed by atoms with E-state index in [1.165, 1.54) is 6.20 Å². The number of fused-ring (bicyclic) bond motifs is 1. The van der Waals surface area contributed by atoms with Crippen LogP contribution in [0.3, 0.4) is 0 Å². The van der Waals surface area contributed by atoms with E-state index in [1.54, 1.807) is 24.7 Å². The second-order valence-electron chi connectivity index (χ2n) is 5.65. The first-order valence-corrected chi connectivity index (χ1v) is 7.63. The second kappa shape index (κ2) is 6.01. The van der Waals surface area contributed by atoms with Crippen LogP contribution in [0.1, 0.15) is 0 Å². The van der Waals surface area contributed by atoms with Crippen LogP contribution in [-0.2, 0) is 0 Å². The molecule has 7 nitrogen and oxygen atoms in total. The molecular weight excluding hydrogens is 317 g/mol. The Bertz CT molecular complexity index is 1050. The standard InChI is InChI=1S/C17H14BN5O2/c19-15-9-21-22-16-7-11(1-3-13(15)16)14-8-12(18(24)25)2-4-17(14)23-6-5-20-10-23/h1-10,24-25H,(H2,19,22). The molecule has 0 radical (unpaired) electrons. The third-order valence-corrected chi connectivity index (χ3v) is 4.08. The normalized spacial score (nSPS) is 11.0. The smallest absolute Gasteiger partial charge is 0.423 e. The monoisotopic (exact) mass is 331 g/mol. The molecule has 0 aliphatic rings. The molecule has 0 atom stereocenters. The first-order chi connectivity index (χ1) is 12.1. The van der Waals surface area contributed by atoms with E-state index in [1.807, 2.05) is 35.0 Å². The molecule has 0 bridgehead atoms. The van der Waals surface area contributed by atoms with E-state index in [0.29, 0.717) is 16.7 Å². The summed E-state index contributed by atoms with van der Waals surface area (Å²) in [5.74, 6) is 0. The Labute approximate surface area is 143 Å². The van der Waals surface area contributed by atoms with Crippen molar-refractivity contribution in [1.82, 2.24) is 19.7 Å². The molecule has 2 aromatic carbocycles. The molecule has 2 heterocycles. The Morgan fingerprint density at radius 2 is 1.96 bits per heavy atom. The van der Waals surface area contributed by atoms with Crippen LogP contribution < -0.4 is 11.2 Å². The Kier molecular flexibility index (Phi) is 3.68. The molecule has 0 spiro atoms. The van der Waals surface area contributed by atoms with Crippen LogP contribution in [0.25, 0.3) is 27.7 Å². The minimum atomic E-state index is -1.55. The van der Waals surface area contributed by atoms with Gasteiger partial charge in [0.1, 0.15) is 0 Å². The fourth-order valence-corrected chi connectivity index (χ4v) is 2.82. The molecule has 0 aliphatic carbocycles. The molecule has 25 heavy (non-hydrogen) atoms. The number of benzene rings is 2. The molecule has 122 valence electrons. The van der Waals surface area contributed by atoms with E-state index in [0.717, 1.165) is 22.2 Å². The largest absolute Gasteiger partial charge is 0.488 e. The van der Waals surface area contributed by atoms with Gasteiger partial charge in [-0.3, -0.25) is 0 Å². The summed E-state index contributed by atoms with van der Waals surface area (Å²) in [4.78, 5) is 4.08. The molecule has 8 heteroatoms. The number of hydrogen-bond acceptors (Lipinski definition) is 6. The summed E-state index contributed by atoms with van der Waals surface area (Å²) < 4.78 is 1.86. The number of nitrogens with two attached hydrogens (primary N) is 1. The molecule has 0 unspecified atom stereocenters. The van der Waals surface area contributed by atoms with Crippen LogP contribution in [-0.4, -0.2) is 36.9 Å². The number of aromatic nitrogens is 4. The SMILES string of the molecule is Nc1cnnc2cc(-c3cc(B(O)O)ccc3-n3ccnc3)ccc12. The third kappa shape index (κ3) is 2.73. The summed E-state index contributed by atoms with van der Waals surface area (Å²) in [5.41, 5.74) is 10.1. The molecule has 2 aromatic heterocycles. The fourth-order valence-electron chi connectivity index (χ4n) is 2.82. The Morgan fingerprint density at radius 1 is 1.08 bits per heavy atom. The quantitative estimate of drug-likeness (QED) is 0.478. The lowest BCUT2D eigenvalue weighted by Gasteiger charge is -2.13. The van der Waals surface area contributed by atoms with Crippen molar-refractivity contribution >= 4 is 29.2 Å². The van der Waals surface area contributed by atoms with Crippen LogP contribution >= 0.6 is 0 Å². The van der Waals surface area contributed by atoms with Crippen molar-refractivity contribution in [2.75, 3.05) is 5.73 Å². The van der Waals surface area contributed by atoms with Gasteiger partial charge in [0.25, 0.3) is 0 Å². The van der Waals surface area contributed by atoms with Gasteiger partial charge >= 0.3 is 7.12 Å². The summed E-state index contributed by atoms with van der Waals surface area (Å²) in [6, 6.07) is 10.9. The number of hydrogen-bond donors (Lipinski definition) is 3. The molecule has 4 rings (SSSR count). The molecular formula is C17H14BN5O2. The average molecular weight is 331 g/mol. The van der Waals surface area contributed by atoms with Crippen molar-refractivity contribution in [3.05, 3.63) is 61.3 Å².